The molecule has 0 aliphatic rings. The summed E-state index contributed by atoms with van der Waals surface area (Å²) in [5, 5.41) is 11.5. The van der Waals surface area contributed by atoms with Gasteiger partial charge in [-0.05, 0) is 23.5 Å². The molecule has 3 heteroatoms. The minimum absolute atomic E-state index is 0.303. The van der Waals surface area contributed by atoms with Gasteiger partial charge >= 0.3 is 0 Å². The third kappa shape index (κ3) is 2.01. The predicted octanol–water partition coefficient (Wildman–Crippen LogP) is 2.22. The quantitative estimate of drug-likeness (QED) is 0.756. The first-order valence-electron chi connectivity index (χ1n) is 3.84. The standard InChI is InChI=1S/C8H13NOS/c1-3-6(2)8(10)7-4-5-11-9-7/h4-6,8,10H,3H2,1-2H3. The second-order valence-electron chi connectivity index (χ2n) is 2.75. The highest BCUT2D eigenvalue weighted by atomic mass is 32.1. The fourth-order valence-electron chi connectivity index (χ4n) is 0.889. The summed E-state index contributed by atoms with van der Waals surface area (Å²) in [5.41, 5.74) is 0.810. The van der Waals surface area contributed by atoms with Gasteiger partial charge in [-0.25, -0.2) is 0 Å². The SMILES string of the molecule is CCC(C)C(O)c1ccsn1. The van der Waals surface area contributed by atoms with E-state index < -0.39 is 0 Å². The van der Waals surface area contributed by atoms with Crippen LogP contribution in [0, 0.1) is 5.92 Å². The van der Waals surface area contributed by atoms with Crippen LogP contribution < -0.4 is 0 Å². The van der Waals surface area contributed by atoms with E-state index in [1.54, 1.807) is 0 Å². The van der Waals surface area contributed by atoms with Crippen LogP contribution in [0.3, 0.4) is 0 Å². The molecule has 0 saturated carbocycles. The minimum atomic E-state index is -0.383. The van der Waals surface area contributed by atoms with Crippen LogP contribution in [0.25, 0.3) is 0 Å². The second-order valence-corrected chi connectivity index (χ2v) is 3.42. The molecule has 0 amide bonds. The lowest BCUT2D eigenvalue weighted by Gasteiger charge is -2.13. The van der Waals surface area contributed by atoms with E-state index in [4.69, 9.17) is 0 Å². The molecule has 1 aromatic heterocycles. The predicted molar refractivity (Wildman–Crippen MR) is 46.5 cm³/mol. The zero-order valence-electron chi connectivity index (χ0n) is 6.82. The van der Waals surface area contributed by atoms with Gasteiger partial charge in [-0.15, -0.1) is 0 Å². The second kappa shape index (κ2) is 3.83. The Balaban J connectivity index is 2.62. The van der Waals surface area contributed by atoms with E-state index in [9.17, 15) is 5.11 Å². The van der Waals surface area contributed by atoms with Crippen molar-refractivity contribution in [3.8, 4) is 0 Å². The molecular weight excluding hydrogens is 158 g/mol. The highest BCUT2D eigenvalue weighted by molar-refractivity contribution is 7.03. The monoisotopic (exact) mass is 171 g/mol. The molecule has 0 bridgehead atoms. The molecule has 1 heterocycles. The Morgan fingerprint density at radius 1 is 1.73 bits per heavy atom. The van der Waals surface area contributed by atoms with Crippen molar-refractivity contribution in [1.82, 2.24) is 4.37 Å². The van der Waals surface area contributed by atoms with Gasteiger partial charge < -0.3 is 5.11 Å². The Hall–Kier alpha value is -0.410. The summed E-state index contributed by atoms with van der Waals surface area (Å²) in [5.74, 6) is 0.303. The van der Waals surface area contributed by atoms with Crippen molar-refractivity contribution in [1.29, 1.82) is 0 Å². The number of hydrogen-bond acceptors (Lipinski definition) is 3. The van der Waals surface area contributed by atoms with Crippen LogP contribution in [-0.2, 0) is 0 Å². The molecule has 2 unspecified atom stereocenters. The van der Waals surface area contributed by atoms with Crippen LogP contribution in [0.15, 0.2) is 11.4 Å². The molecule has 0 saturated heterocycles. The summed E-state index contributed by atoms with van der Waals surface area (Å²) < 4.78 is 4.08. The average Bonchev–Trinajstić information content (AvgIpc) is 2.53. The molecule has 1 N–H and O–H groups in total. The molecule has 1 rings (SSSR count). The molecule has 11 heavy (non-hydrogen) atoms. The van der Waals surface area contributed by atoms with Crippen LogP contribution in [0.2, 0.25) is 0 Å². The maximum atomic E-state index is 9.62. The molecule has 0 aliphatic carbocycles. The van der Waals surface area contributed by atoms with E-state index >= 15 is 0 Å². The molecule has 0 radical (unpaired) electrons. The van der Waals surface area contributed by atoms with Gasteiger partial charge in [-0.1, -0.05) is 20.3 Å². The van der Waals surface area contributed by atoms with Gasteiger partial charge in [0.05, 0.1) is 11.8 Å². The van der Waals surface area contributed by atoms with Crippen molar-refractivity contribution >= 4 is 11.5 Å². The lowest BCUT2D eigenvalue weighted by molar-refractivity contribution is 0.112. The number of hydrogen-bond donors (Lipinski definition) is 1. The average molecular weight is 171 g/mol. The molecule has 0 aromatic carbocycles. The summed E-state index contributed by atoms with van der Waals surface area (Å²) in [6.45, 7) is 4.10. The fraction of sp³-hybridized carbons (Fsp3) is 0.625. The van der Waals surface area contributed by atoms with Gasteiger partial charge in [0.15, 0.2) is 0 Å². The van der Waals surface area contributed by atoms with E-state index in [0.717, 1.165) is 12.1 Å². The first kappa shape index (κ1) is 8.68. The summed E-state index contributed by atoms with van der Waals surface area (Å²) in [7, 11) is 0. The first-order chi connectivity index (χ1) is 5.25. The van der Waals surface area contributed by atoms with Crippen LogP contribution >= 0.6 is 11.5 Å². The fourth-order valence-corrected chi connectivity index (χ4v) is 1.44. The Morgan fingerprint density at radius 2 is 2.45 bits per heavy atom. The zero-order valence-corrected chi connectivity index (χ0v) is 7.64. The van der Waals surface area contributed by atoms with Crippen molar-refractivity contribution in [3.63, 3.8) is 0 Å². The highest BCUT2D eigenvalue weighted by Gasteiger charge is 2.15. The van der Waals surface area contributed by atoms with Crippen LogP contribution in [-0.4, -0.2) is 9.48 Å². The Bertz CT molecular complexity index is 198. The topological polar surface area (TPSA) is 33.1 Å². The normalized spacial score (nSPS) is 16.3. The van der Waals surface area contributed by atoms with Crippen LogP contribution in [0.1, 0.15) is 32.1 Å². The van der Waals surface area contributed by atoms with Crippen molar-refractivity contribution in [2.45, 2.75) is 26.4 Å². The Labute approximate surface area is 71.1 Å². The van der Waals surface area contributed by atoms with E-state index in [2.05, 4.69) is 11.3 Å². The number of aliphatic hydroxyl groups is 1. The van der Waals surface area contributed by atoms with E-state index in [1.807, 2.05) is 18.4 Å². The van der Waals surface area contributed by atoms with E-state index in [1.165, 1.54) is 11.5 Å². The van der Waals surface area contributed by atoms with Gasteiger partial charge in [0.25, 0.3) is 0 Å². The Morgan fingerprint density at radius 3 is 2.91 bits per heavy atom. The van der Waals surface area contributed by atoms with Crippen molar-refractivity contribution in [2.75, 3.05) is 0 Å². The minimum Gasteiger partial charge on any atom is -0.386 e. The van der Waals surface area contributed by atoms with Crippen LogP contribution in [0.4, 0.5) is 0 Å². The molecule has 2 atom stereocenters. The van der Waals surface area contributed by atoms with Crippen molar-refractivity contribution in [2.24, 2.45) is 5.92 Å². The zero-order chi connectivity index (χ0) is 8.27. The van der Waals surface area contributed by atoms with E-state index in [-0.39, 0.29) is 6.10 Å². The molecule has 0 fully saturated rings. The maximum absolute atomic E-state index is 9.62. The summed E-state index contributed by atoms with van der Waals surface area (Å²) in [4.78, 5) is 0. The lowest BCUT2D eigenvalue weighted by atomic mass is 10.00. The number of rotatable bonds is 3. The summed E-state index contributed by atoms with van der Waals surface area (Å²) in [6, 6.07) is 1.88. The highest BCUT2D eigenvalue weighted by Crippen LogP contribution is 2.22. The lowest BCUT2D eigenvalue weighted by Crippen LogP contribution is -2.07. The summed E-state index contributed by atoms with van der Waals surface area (Å²) in [6.07, 6.45) is 0.602. The smallest absolute Gasteiger partial charge is 0.0995 e. The van der Waals surface area contributed by atoms with Gasteiger partial charge in [-0.3, -0.25) is 0 Å². The van der Waals surface area contributed by atoms with E-state index in [0.29, 0.717) is 5.92 Å². The van der Waals surface area contributed by atoms with Gasteiger partial charge in [-0.2, -0.15) is 4.37 Å². The summed E-state index contributed by atoms with van der Waals surface area (Å²) >= 11 is 1.39. The molecular formula is C8H13NOS. The molecule has 0 spiro atoms. The van der Waals surface area contributed by atoms with Crippen molar-refractivity contribution in [3.05, 3.63) is 17.1 Å². The van der Waals surface area contributed by atoms with Crippen molar-refractivity contribution < 1.29 is 5.11 Å². The largest absolute Gasteiger partial charge is 0.386 e. The molecule has 0 aliphatic heterocycles. The molecule has 1 aromatic rings. The molecule has 62 valence electrons. The number of aromatic nitrogens is 1. The third-order valence-corrected chi connectivity index (χ3v) is 2.52. The third-order valence-electron chi connectivity index (χ3n) is 1.94. The Kier molecular flexibility index (Phi) is 3.02. The number of nitrogens with zero attached hydrogens (tertiary/aromatic N) is 1. The van der Waals surface area contributed by atoms with Gasteiger partial charge in [0.1, 0.15) is 0 Å². The molecule has 2 nitrogen and oxygen atoms in total. The number of aliphatic hydroxyl groups excluding tert-OH is 1. The van der Waals surface area contributed by atoms with Crippen LogP contribution in [0.5, 0.6) is 0 Å². The van der Waals surface area contributed by atoms with Gasteiger partial charge in [0, 0.05) is 5.38 Å². The first-order valence-corrected chi connectivity index (χ1v) is 4.67. The maximum Gasteiger partial charge on any atom is 0.0995 e. The van der Waals surface area contributed by atoms with Gasteiger partial charge in [0.2, 0.25) is 0 Å².